The molecule has 0 aliphatic carbocycles. The molecule has 1 saturated heterocycles. The van der Waals surface area contributed by atoms with Crippen LogP contribution in [0.15, 0.2) is 0 Å². The zero-order valence-electron chi connectivity index (χ0n) is 8.90. The maximum absolute atomic E-state index is 2.69. The molecule has 0 radical (unpaired) electrons. The fourth-order valence-corrected chi connectivity index (χ4v) is 2.70. The quantitative estimate of drug-likeness (QED) is 0.627. The monoisotopic (exact) mass is 169 g/mol. The average molecular weight is 169 g/mol. The molecule has 12 heavy (non-hydrogen) atoms. The van der Waals surface area contributed by atoms with Gasteiger partial charge in [0.25, 0.3) is 0 Å². The minimum absolute atomic E-state index is 0.562. The van der Waals surface area contributed by atoms with Crippen molar-refractivity contribution in [3.05, 3.63) is 0 Å². The van der Waals surface area contributed by atoms with Crippen LogP contribution in [0, 0.1) is 0 Å². The third-order valence-corrected chi connectivity index (χ3v) is 3.69. The van der Waals surface area contributed by atoms with Crippen LogP contribution in [0.1, 0.15) is 52.9 Å². The van der Waals surface area contributed by atoms with Crippen molar-refractivity contribution >= 4 is 0 Å². The number of rotatable bonds is 3. The van der Waals surface area contributed by atoms with Gasteiger partial charge in [-0.3, -0.25) is 4.90 Å². The third-order valence-electron chi connectivity index (χ3n) is 3.69. The van der Waals surface area contributed by atoms with Crippen LogP contribution in [0.4, 0.5) is 0 Å². The summed E-state index contributed by atoms with van der Waals surface area (Å²) < 4.78 is 0. The minimum atomic E-state index is 0.562. The van der Waals surface area contributed by atoms with Crippen LogP contribution < -0.4 is 0 Å². The summed E-state index contributed by atoms with van der Waals surface area (Å²) >= 11 is 0. The Labute approximate surface area is 77.1 Å². The van der Waals surface area contributed by atoms with Crippen LogP contribution in [0.5, 0.6) is 0 Å². The second-order valence-electron chi connectivity index (χ2n) is 3.97. The van der Waals surface area contributed by atoms with E-state index in [0.29, 0.717) is 5.54 Å². The topological polar surface area (TPSA) is 3.24 Å². The van der Waals surface area contributed by atoms with Gasteiger partial charge in [-0.2, -0.15) is 0 Å². The number of hydrogen-bond donors (Lipinski definition) is 0. The molecule has 1 rings (SSSR count). The van der Waals surface area contributed by atoms with Gasteiger partial charge in [-0.15, -0.1) is 0 Å². The maximum atomic E-state index is 2.69. The number of likely N-dealkylation sites (tertiary alicyclic amines) is 1. The minimum Gasteiger partial charge on any atom is -0.298 e. The largest absolute Gasteiger partial charge is 0.298 e. The van der Waals surface area contributed by atoms with E-state index in [1.807, 2.05) is 0 Å². The van der Waals surface area contributed by atoms with E-state index >= 15 is 0 Å². The highest BCUT2D eigenvalue weighted by molar-refractivity contribution is 4.90. The van der Waals surface area contributed by atoms with Crippen LogP contribution in [0.3, 0.4) is 0 Å². The zero-order chi connectivity index (χ0) is 9.03. The maximum Gasteiger partial charge on any atom is 0.0204 e. The summed E-state index contributed by atoms with van der Waals surface area (Å²) in [5.41, 5.74) is 0.562. The molecular formula is C11H23N. The van der Waals surface area contributed by atoms with Crippen molar-refractivity contribution < 1.29 is 0 Å². The highest BCUT2D eigenvalue weighted by Gasteiger charge is 2.33. The molecule has 0 atom stereocenters. The average Bonchev–Trinajstić information content (AvgIpc) is 2.17. The van der Waals surface area contributed by atoms with Gasteiger partial charge in [0.15, 0.2) is 0 Å². The number of hydrogen-bond acceptors (Lipinski definition) is 1. The Morgan fingerprint density at radius 3 is 2.17 bits per heavy atom. The van der Waals surface area contributed by atoms with Crippen LogP contribution >= 0.6 is 0 Å². The fraction of sp³-hybridized carbons (Fsp3) is 1.00. The van der Waals surface area contributed by atoms with Gasteiger partial charge in [0.2, 0.25) is 0 Å². The molecule has 1 heteroatoms. The molecule has 1 aliphatic rings. The molecule has 0 aromatic carbocycles. The van der Waals surface area contributed by atoms with Gasteiger partial charge in [0.05, 0.1) is 0 Å². The van der Waals surface area contributed by atoms with Crippen LogP contribution in [-0.2, 0) is 0 Å². The van der Waals surface area contributed by atoms with E-state index in [1.165, 1.54) is 45.2 Å². The predicted octanol–water partition coefficient (Wildman–Crippen LogP) is 3.05. The smallest absolute Gasteiger partial charge is 0.0204 e. The highest BCUT2D eigenvalue weighted by Crippen LogP contribution is 2.33. The van der Waals surface area contributed by atoms with Gasteiger partial charge in [-0.25, -0.2) is 0 Å². The Bertz CT molecular complexity index is 127. The third kappa shape index (κ3) is 1.66. The normalized spacial score (nSPS) is 24.2. The van der Waals surface area contributed by atoms with Gasteiger partial charge in [0.1, 0.15) is 0 Å². The van der Waals surface area contributed by atoms with Crippen molar-refractivity contribution in [2.24, 2.45) is 0 Å². The molecule has 72 valence electrons. The number of nitrogens with zero attached hydrogens (tertiary/aromatic N) is 1. The lowest BCUT2D eigenvalue weighted by molar-refractivity contribution is 0.0441. The molecule has 0 unspecified atom stereocenters. The van der Waals surface area contributed by atoms with E-state index in [0.717, 1.165) is 0 Å². The first-order chi connectivity index (χ1) is 5.79. The zero-order valence-corrected chi connectivity index (χ0v) is 8.90. The lowest BCUT2D eigenvalue weighted by Crippen LogP contribution is -2.50. The molecule has 0 saturated carbocycles. The Balaban J connectivity index is 2.66. The summed E-state index contributed by atoms with van der Waals surface area (Å²) in [5.74, 6) is 0. The first kappa shape index (κ1) is 10.0. The standard InChI is InChI=1S/C11H23N/c1-4-11(5-2)9-7-8-10-12(11)6-3/h4-10H2,1-3H3. The van der Waals surface area contributed by atoms with Crippen molar-refractivity contribution in [1.29, 1.82) is 0 Å². The van der Waals surface area contributed by atoms with E-state index < -0.39 is 0 Å². The van der Waals surface area contributed by atoms with Gasteiger partial charge in [-0.1, -0.05) is 27.2 Å². The van der Waals surface area contributed by atoms with E-state index in [2.05, 4.69) is 25.7 Å². The summed E-state index contributed by atoms with van der Waals surface area (Å²) in [6.45, 7) is 9.56. The van der Waals surface area contributed by atoms with Crippen molar-refractivity contribution in [3.63, 3.8) is 0 Å². The van der Waals surface area contributed by atoms with Crippen LogP contribution in [-0.4, -0.2) is 23.5 Å². The summed E-state index contributed by atoms with van der Waals surface area (Å²) in [7, 11) is 0. The second-order valence-corrected chi connectivity index (χ2v) is 3.97. The Hall–Kier alpha value is -0.0400. The van der Waals surface area contributed by atoms with Crippen molar-refractivity contribution in [3.8, 4) is 0 Å². The van der Waals surface area contributed by atoms with Gasteiger partial charge in [-0.05, 0) is 38.8 Å². The lowest BCUT2D eigenvalue weighted by atomic mass is 9.82. The molecule has 1 heterocycles. The molecule has 1 nitrogen and oxygen atoms in total. The molecule has 0 bridgehead atoms. The second kappa shape index (κ2) is 4.27. The van der Waals surface area contributed by atoms with Gasteiger partial charge in [0, 0.05) is 5.54 Å². The Morgan fingerprint density at radius 2 is 1.75 bits per heavy atom. The summed E-state index contributed by atoms with van der Waals surface area (Å²) in [4.78, 5) is 2.69. The summed E-state index contributed by atoms with van der Waals surface area (Å²) in [6, 6.07) is 0. The van der Waals surface area contributed by atoms with Crippen molar-refractivity contribution in [2.45, 2.75) is 58.4 Å². The van der Waals surface area contributed by atoms with E-state index in [1.54, 1.807) is 0 Å². The van der Waals surface area contributed by atoms with E-state index in [9.17, 15) is 0 Å². The molecule has 0 spiro atoms. The fourth-order valence-electron chi connectivity index (χ4n) is 2.70. The van der Waals surface area contributed by atoms with Crippen LogP contribution in [0.2, 0.25) is 0 Å². The highest BCUT2D eigenvalue weighted by atomic mass is 15.2. The van der Waals surface area contributed by atoms with E-state index in [4.69, 9.17) is 0 Å². The molecule has 0 N–H and O–H groups in total. The Morgan fingerprint density at radius 1 is 1.08 bits per heavy atom. The molecular weight excluding hydrogens is 146 g/mol. The van der Waals surface area contributed by atoms with Crippen LogP contribution in [0.25, 0.3) is 0 Å². The summed E-state index contributed by atoms with van der Waals surface area (Å²) in [6.07, 6.45) is 6.94. The first-order valence-electron chi connectivity index (χ1n) is 5.54. The molecule has 0 aromatic rings. The van der Waals surface area contributed by atoms with Crippen molar-refractivity contribution in [2.75, 3.05) is 13.1 Å². The Kier molecular flexibility index (Phi) is 3.57. The van der Waals surface area contributed by atoms with Gasteiger partial charge < -0.3 is 0 Å². The van der Waals surface area contributed by atoms with Crippen molar-refractivity contribution in [1.82, 2.24) is 4.90 Å². The molecule has 1 fully saturated rings. The summed E-state index contributed by atoms with van der Waals surface area (Å²) in [5, 5.41) is 0. The molecule has 1 aliphatic heterocycles. The number of piperidine rings is 1. The van der Waals surface area contributed by atoms with Gasteiger partial charge >= 0.3 is 0 Å². The lowest BCUT2D eigenvalue weighted by Gasteiger charge is -2.46. The van der Waals surface area contributed by atoms with E-state index in [-0.39, 0.29) is 0 Å². The molecule has 0 amide bonds. The SMILES string of the molecule is CCN1CCCCC1(CC)CC. The first-order valence-corrected chi connectivity index (χ1v) is 5.54. The predicted molar refractivity (Wildman–Crippen MR) is 54.4 cm³/mol. The molecule has 0 aromatic heterocycles.